The van der Waals surface area contributed by atoms with Crippen LogP contribution in [0.25, 0.3) is 0 Å². The largest absolute Gasteiger partial charge is 0.426 e. The minimum absolute atomic E-state index is 0.126. The lowest BCUT2D eigenvalue weighted by Gasteiger charge is -2.30. The van der Waals surface area contributed by atoms with E-state index < -0.39 is 23.1 Å². The summed E-state index contributed by atoms with van der Waals surface area (Å²) in [6.07, 6.45) is 11.5. The number of unbranched alkanes of at least 4 members (excludes halogenated alkanes) is 9. The smallest absolute Gasteiger partial charge is 0.311 e. The highest BCUT2D eigenvalue weighted by atomic mass is 16.5. The molecule has 222 valence electrons. The number of benzene rings is 2. The number of carbonyl (C=O) groups is 4. The molecule has 0 heterocycles. The van der Waals surface area contributed by atoms with Crippen LogP contribution in [0.5, 0.6) is 5.75 Å². The Balaban J connectivity index is 1.95. The molecule has 0 atom stereocenters. The highest BCUT2D eigenvalue weighted by Gasteiger charge is 2.56. The third kappa shape index (κ3) is 7.93. The van der Waals surface area contributed by atoms with Gasteiger partial charge in [-0.15, -0.1) is 0 Å². The summed E-state index contributed by atoms with van der Waals surface area (Å²) in [7, 11) is 0. The van der Waals surface area contributed by atoms with Gasteiger partial charge in [-0.3, -0.25) is 19.2 Å². The minimum Gasteiger partial charge on any atom is -0.426 e. The van der Waals surface area contributed by atoms with Gasteiger partial charge >= 0.3 is 5.97 Å². The Kier molecular flexibility index (Phi) is 12.3. The third-order valence-electron chi connectivity index (χ3n) is 7.97. The van der Waals surface area contributed by atoms with Gasteiger partial charge in [-0.1, -0.05) is 122 Å². The number of ether oxygens (including phenoxy) is 1. The van der Waals surface area contributed by atoms with E-state index in [1.165, 1.54) is 6.42 Å². The number of hydrogen-bond donors (Lipinski definition) is 1. The van der Waals surface area contributed by atoms with E-state index in [0.717, 1.165) is 56.9 Å². The lowest BCUT2D eigenvalue weighted by atomic mass is 9.82. The molecular weight excluding hydrogens is 514 g/mol. The van der Waals surface area contributed by atoms with E-state index in [-0.39, 0.29) is 47.1 Å². The van der Waals surface area contributed by atoms with Gasteiger partial charge in [0.1, 0.15) is 5.75 Å². The highest BCUT2D eigenvalue weighted by molar-refractivity contribution is 6.34. The van der Waals surface area contributed by atoms with Gasteiger partial charge in [0.25, 0.3) is 0 Å². The molecule has 3 rings (SSSR count). The van der Waals surface area contributed by atoms with Crippen LogP contribution in [-0.2, 0) is 15.1 Å². The maximum absolute atomic E-state index is 14.1. The van der Waals surface area contributed by atoms with Crippen LogP contribution in [-0.4, -0.2) is 23.4 Å². The first-order valence-corrected chi connectivity index (χ1v) is 15.6. The van der Waals surface area contributed by atoms with Crippen LogP contribution in [0.4, 0.5) is 0 Å². The van der Waals surface area contributed by atoms with E-state index in [1.54, 1.807) is 36.4 Å². The van der Waals surface area contributed by atoms with Gasteiger partial charge < -0.3 is 10.1 Å². The molecule has 1 aliphatic carbocycles. The normalized spacial score (nSPS) is 13.9. The Bertz CT molecular complexity index is 1180. The average molecular weight is 562 g/mol. The summed E-state index contributed by atoms with van der Waals surface area (Å²) in [6.45, 7) is 8.35. The van der Waals surface area contributed by atoms with Crippen molar-refractivity contribution in [1.29, 1.82) is 0 Å². The molecule has 0 saturated heterocycles. The lowest BCUT2D eigenvalue weighted by molar-refractivity contribution is -0.134. The summed E-state index contributed by atoms with van der Waals surface area (Å²) in [5, 5.41) is 2.85. The lowest BCUT2D eigenvalue weighted by Crippen LogP contribution is -2.54. The standard InChI is InChI=1S/C35H47NO5/c1-5-7-9-11-13-15-21-32(38)41-30-24-26(25(3)4)22-23-29(30)35(36-31(37)20-14-12-10-8-6-2)33(39)27-18-16-17-19-28(27)34(35)40/h16-19,22-25H,5-15,20-21H2,1-4H3,(H,36,37). The third-order valence-corrected chi connectivity index (χ3v) is 7.97. The zero-order valence-electron chi connectivity index (χ0n) is 25.4. The number of hydrogen-bond acceptors (Lipinski definition) is 5. The topological polar surface area (TPSA) is 89.5 Å². The number of rotatable bonds is 17. The molecule has 2 aromatic carbocycles. The molecule has 41 heavy (non-hydrogen) atoms. The number of fused-ring (bicyclic) bond motifs is 1. The van der Waals surface area contributed by atoms with Gasteiger partial charge in [-0.25, -0.2) is 0 Å². The summed E-state index contributed by atoms with van der Waals surface area (Å²) in [5.41, 5.74) is -0.334. The monoisotopic (exact) mass is 561 g/mol. The van der Waals surface area contributed by atoms with Crippen molar-refractivity contribution in [1.82, 2.24) is 5.32 Å². The summed E-state index contributed by atoms with van der Waals surface area (Å²) < 4.78 is 5.91. The molecule has 0 unspecified atom stereocenters. The molecular formula is C35H47NO5. The fourth-order valence-electron chi connectivity index (χ4n) is 5.49. The summed E-state index contributed by atoms with van der Waals surface area (Å²) in [6, 6.07) is 11.9. The Morgan fingerprint density at radius 2 is 1.29 bits per heavy atom. The number of amides is 1. The van der Waals surface area contributed by atoms with Crippen LogP contribution in [0, 0.1) is 0 Å². The first-order chi connectivity index (χ1) is 19.8. The fraction of sp³-hybridized carbons (Fsp3) is 0.543. The van der Waals surface area contributed by atoms with Crippen molar-refractivity contribution in [2.45, 2.75) is 123 Å². The molecule has 0 aromatic heterocycles. The molecule has 6 heteroatoms. The molecule has 0 fully saturated rings. The van der Waals surface area contributed by atoms with Crippen LogP contribution in [0.2, 0.25) is 0 Å². The Morgan fingerprint density at radius 1 is 0.756 bits per heavy atom. The fourth-order valence-corrected chi connectivity index (χ4v) is 5.49. The molecule has 1 amide bonds. The Hall–Kier alpha value is -3.28. The van der Waals surface area contributed by atoms with Crippen molar-refractivity contribution < 1.29 is 23.9 Å². The van der Waals surface area contributed by atoms with Crippen LogP contribution >= 0.6 is 0 Å². The molecule has 1 aliphatic rings. The number of Topliss-reactive ketones (excluding diaryl/α,β-unsaturated/α-hetero) is 2. The molecule has 2 aromatic rings. The van der Waals surface area contributed by atoms with Gasteiger partial charge in [0, 0.05) is 29.5 Å². The van der Waals surface area contributed by atoms with E-state index in [2.05, 4.69) is 19.2 Å². The van der Waals surface area contributed by atoms with Crippen LogP contribution < -0.4 is 10.1 Å². The summed E-state index contributed by atoms with van der Waals surface area (Å²) in [4.78, 5) is 54.4. The quantitative estimate of drug-likeness (QED) is 0.0909. The molecule has 0 aliphatic heterocycles. The van der Waals surface area contributed by atoms with Gasteiger partial charge in [-0.05, 0) is 30.4 Å². The van der Waals surface area contributed by atoms with Gasteiger partial charge in [0.05, 0.1) is 0 Å². The number of nitrogens with one attached hydrogen (secondary N) is 1. The van der Waals surface area contributed by atoms with Crippen LogP contribution in [0.15, 0.2) is 42.5 Å². The first kappa shape index (κ1) is 32.2. The molecule has 0 saturated carbocycles. The van der Waals surface area contributed by atoms with Gasteiger partial charge in [0.2, 0.25) is 17.5 Å². The number of ketones is 2. The number of carbonyl (C=O) groups excluding carboxylic acids is 4. The van der Waals surface area contributed by atoms with Crippen molar-refractivity contribution in [3.8, 4) is 5.75 Å². The average Bonchev–Trinajstić information content (AvgIpc) is 3.17. The van der Waals surface area contributed by atoms with Crippen molar-refractivity contribution in [2.24, 2.45) is 0 Å². The highest BCUT2D eigenvalue weighted by Crippen LogP contribution is 2.43. The van der Waals surface area contributed by atoms with E-state index in [0.29, 0.717) is 12.8 Å². The van der Waals surface area contributed by atoms with E-state index >= 15 is 0 Å². The molecule has 0 bridgehead atoms. The van der Waals surface area contributed by atoms with Crippen molar-refractivity contribution in [3.05, 3.63) is 64.7 Å². The predicted octanol–water partition coefficient (Wildman–Crippen LogP) is 8.22. The minimum atomic E-state index is -1.98. The van der Waals surface area contributed by atoms with Gasteiger partial charge in [0.15, 0.2) is 5.54 Å². The van der Waals surface area contributed by atoms with Crippen molar-refractivity contribution in [3.63, 3.8) is 0 Å². The van der Waals surface area contributed by atoms with Crippen molar-refractivity contribution in [2.75, 3.05) is 0 Å². The molecule has 1 N–H and O–H groups in total. The van der Waals surface area contributed by atoms with Crippen molar-refractivity contribution >= 4 is 23.4 Å². The summed E-state index contributed by atoms with van der Waals surface area (Å²) >= 11 is 0. The van der Waals surface area contributed by atoms with E-state index in [4.69, 9.17) is 4.74 Å². The Morgan fingerprint density at radius 3 is 1.85 bits per heavy atom. The predicted molar refractivity (Wildman–Crippen MR) is 162 cm³/mol. The maximum Gasteiger partial charge on any atom is 0.311 e. The SMILES string of the molecule is CCCCCCCCC(=O)Oc1cc(C(C)C)ccc1C1(NC(=O)CCCCCCC)C(=O)c2ccccc2C1=O. The number of esters is 1. The second-order valence-electron chi connectivity index (χ2n) is 11.6. The van der Waals surface area contributed by atoms with E-state index in [9.17, 15) is 19.2 Å². The Labute approximate surface area is 245 Å². The van der Waals surface area contributed by atoms with Crippen LogP contribution in [0.1, 0.15) is 149 Å². The zero-order chi connectivity index (χ0) is 29.8. The van der Waals surface area contributed by atoms with Gasteiger partial charge in [-0.2, -0.15) is 0 Å². The molecule has 6 nitrogen and oxygen atoms in total. The van der Waals surface area contributed by atoms with E-state index in [1.807, 2.05) is 19.9 Å². The summed E-state index contributed by atoms with van der Waals surface area (Å²) in [5.74, 6) is -1.49. The zero-order valence-corrected chi connectivity index (χ0v) is 25.4. The second-order valence-corrected chi connectivity index (χ2v) is 11.6. The maximum atomic E-state index is 14.1. The first-order valence-electron chi connectivity index (χ1n) is 15.6. The second kappa shape index (κ2) is 15.6. The molecule has 0 spiro atoms. The molecule has 0 radical (unpaired) electrons. The van der Waals surface area contributed by atoms with Crippen LogP contribution in [0.3, 0.4) is 0 Å².